The van der Waals surface area contributed by atoms with Crippen LogP contribution in [0.25, 0.3) is 0 Å². The number of nitrogens with zero attached hydrogens (tertiary/aromatic N) is 2. The number of nitro benzene ring substituents is 1. The zero-order chi connectivity index (χ0) is 16.5. The van der Waals surface area contributed by atoms with Gasteiger partial charge in [-0.1, -0.05) is 6.07 Å². The Labute approximate surface area is 129 Å². The van der Waals surface area contributed by atoms with Crippen molar-refractivity contribution in [3.8, 4) is 0 Å². The van der Waals surface area contributed by atoms with Crippen LogP contribution in [0.5, 0.6) is 0 Å². The number of nitro groups is 1. The predicted octanol–water partition coefficient (Wildman–Crippen LogP) is 1.55. The highest BCUT2D eigenvalue weighted by Gasteiger charge is 2.34. The first-order chi connectivity index (χ1) is 10.2. The highest BCUT2D eigenvalue weighted by Crippen LogP contribution is 2.23. The third kappa shape index (κ3) is 3.27. The third-order valence-electron chi connectivity index (χ3n) is 3.90. The second-order valence-electron chi connectivity index (χ2n) is 5.41. The molecule has 7 nitrogen and oxygen atoms in total. The normalized spacial score (nSPS) is 19.8. The van der Waals surface area contributed by atoms with E-state index in [1.807, 2.05) is 0 Å². The van der Waals surface area contributed by atoms with E-state index in [1.54, 1.807) is 13.8 Å². The minimum absolute atomic E-state index is 0.0411. The number of benzene rings is 1. The van der Waals surface area contributed by atoms with E-state index in [-0.39, 0.29) is 34.7 Å². The van der Waals surface area contributed by atoms with Crippen molar-refractivity contribution in [1.29, 1.82) is 0 Å². The van der Waals surface area contributed by atoms with Gasteiger partial charge in [-0.05, 0) is 26.3 Å². The van der Waals surface area contributed by atoms with Crippen LogP contribution in [0.3, 0.4) is 0 Å². The Morgan fingerprint density at radius 2 is 2.14 bits per heavy atom. The topological polar surface area (TPSA) is 97.6 Å². The molecule has 1 aliphatic heterocycles. The van der Waals surface area contributed by atoms with E-state index in [0.717, 1.165) is 0 Å². The second kappa shape index (κ2) is 6.04. The number of sulfone groups is 1. The highest BCUT2D eigenvalue weighted by atomic mass is 32.2. The number of rotatable bonds is 4. The summed E-state index contributed by atoms with van der Waals surface area (Å²) in [6.07, 6.45) is 0.413. The number of hydrogen-bond acceptors (Lipinski definition) is 5. The van der Waals surface area contributed by atoms with Gasteiger partial charge in [0.05, 0.1) is 16.4 Å². The van der Waals surface area contributed by atoms with Gasteiger partial charge in [0, 0.05) is 29.8 Å². The fourth-order valence-corrected chi connectivity index (χ4v) is 4.42. The van der Waals surface area contributed by atoms with Crippen molar-refractivity contribution in [3.63, 3.8) is 0 Å². The van der Waals surface area contributed by atoms with Gasteiger partial charge in [-0.25, -0.2) is 8.42 Å². The first-order valence-corrected chi connectivity index (χ1v) is 8.83. The lowest BCUT2D eigenvalue weighted by atomic mass is 10.1. The molecular weight excluding hydrogens is 308 g/mol. The van der Waals surface area contributed by atoms with E-state index in [9.17, 15) is 23.3 Å². The largest absolute Gasteiger partial charge is 0.335 e. The first kappa shape index (κ1) is 16.4. The fourth-order valence-electron chi connectivity index (χ4n) is 2.69. The standard InChI is InChI=1S/C14H18N2O5S/c1-3-15(12-6-7-22(20,21)9-12)14(17)11-5-4-10(2)13(8-11)16(18)19/h4-5,8,12H,3,6-7,9H2,1-2H3. The summed E-state index contributed by atoms with van der Waals surface area (Å²) in [4.78, 5) is 24.5. The minimum Gasteiger partial charge on any atom is -0.335 e. The average molecular weight is 326 g/mol. The molecular formula is C14H18N2O5S. The van der Waals surface area contributed by atoms with E-state index in [4.69, 9.17) is 0 Å². The molecule has 0 aliphatic carbocycles. The van der Waals surface area contributed by atoms with E-state index in [2.05, 4.69) is 0 Å². The Balaban J connectivity index is 2.29. The monoisotopic (exact) mass is 326 g/mol. The molecule has 0 aromatic heterocycles. The molecule has 1 aliphatic rings. The molecule has 1 fully saturated rings. The van der Waals surface area contributed by atoms with Gasteiger partial charge in [0.2, 0.25) is 0 Å². The molecule has 0 spiro atoms. The van der Waals surface area contributed by atoms with Gasteiger partial charge in [-0.15, -0.1) is 0 Å². The van der Waals surface area contributed by atoms with Crippen LogP contribution in [-0.4, -0.2) is 48.2 Å². The molecule has 2 rings (SSSR count). The Kier molecular flexibility index (Phi) is 4.50. The molecule has 22 heavy (non-hydrogen) atoms. The number of hydrogen-bond donors (Lipinski definition) is 0. The fraction of sp³-hybridized carbons (Fsp3) is 0.500. The number of aryl methyl sites for hydroxylation is 1. The van der Waals surface area contributed by atoms with Crippen LogP contribution in [-0.2, 0) is 9.84 Å². The smallest absolute Gasteiger partial charge is 0.273 e. The Hall–Kier alpha value is -1.96. The van der Waals surface area contributed by atoms with Crippen LogP contribution in [0.2, 0.25) is 0 Å². The molecule has 1 aromatic carbocycles. The number of amides is 1. The molecule has 1 heterocycles. The Morgan fingerprint density at radius 3 is 2.64 bits per heavy atom. The van der Waals surface area contributed by atoms with Gasteiger partial charge in [-0.2, -0.15) is 0 Å². The van der Waals surface area contributed by atoms with Crippen molar-refractivity contribution < 1.29 is 18.1 Å². The first-order valence-electron chi connectivity index (χ1n) is 7.01. The zero-order valence-corrected chi connectivity index (χ0v) is 13.3. The van der Waals surface area contributed by atoms with Crippen LogP contribution in [0.4, 0.5) is 5.69 Å². The van der Waals surface area contributed by atoms with Crippen LogP contribution >= 0.6 is 0 Å². The molecule has 1 atom stereocenters. The summed E-state index contributed by atoms with van der Waals surface area (Å²) in [5.74, 6) is -0.330. The van der Waals surface area contributed by atoms with Gasteiger partial charge < -0.3 is 4.90 Å². The van der Waals surface area contributed by atoms with Crippen molar-refractivity contribution >= 4 is 21.4 Å². The summed E-state index contributed by atoms with van der Waals surface area (Å²) >= 11 is 0. The van der Waals surface area contributed by atoms with Gasteiger partial charge in [0.1, 0.15) is 0 Å². The lowest BCUT2D eigenvalue weighted by Crippen LogP contribution is -2.41. The van der Waals surface area contributed by atoms with Crippen molar-refractivity contribution in [3.05, 3.63) is 39.4 Å². The summed E-state index contributed by atoms with van der Waals surface area (Å²) in [5, 5.41) is 11.0. The van der Waals surface area contributed by atoms with E-state index < -0.39 is 14.8 Å². The lowest BCUT2D eigenvalue weighted by molar-refractivity contribution is -0.385. The molecule has 0 saturated carbocycles. The molecule has 120 valence electrons. The average Bonchev–Trinajstić information content (AvgIpc) is 2.79. The highest BCUT2D eigenvalue weighted by molar-refractivity contribution is 7.91. The van der Waals surface area contributed by atoms with Gasteiger partial charge in [0.15, 0.2) is 9.84 Å². The van der Waals surface area contributed by atoms with Gasteiger partial charge in [-0.3, -0.25) is 14.9 Å². The van der Waals surface area contributed by atoms with Crippen LogP contribution in [0, 0.1) is 17.0 Å². The summed E-state index contributed by atoms with van der Waals surface area (Å²) in [6, 6.07) is 3.97. The molecule has 1 saturated heterocycles. The van der Waals surface area contributed by atoms with E-state index in [0.29, 0.717) is 18.5 Å². The second-order valence-corrected chi connectivity index (χ2v) is 7.64. The molecule has 0 radical (unpaired) electrons. The van der Waals surface area contributed by atoms with Gasteiger partial charge in [0.25, 0.3) is 11.6 Å². The number of carbonyl (C=O) groups excluding carboxylic acids is 1. The van der Waals surface area contributed by atoms with Crippen molar-refractivity contribution in [2.75, 3.05) is 18.1 Å². The molecule has 1 aromatic rings. The summed E-state index contributed by atoms with van der Waals surface area (Å²) in [6.45, 7) is 3.74. The van der Waals surface area contributed by atoms with Gasteiger partial charge >= 0.3 is 0 Å². The molecule has 1 amide bonds. The van der Waals surface area contributed by atoms with E-state index in [1.165, 1.54) is 23.1 Å². The number of carbonyl (C=O) groups is 1. The SMILES string of the molecule is CCN(C(=O)c1ccc(C)c([N+](=O)[O-])c1)C1CCS(=O)(=O)C1. The summed E-state index contributed by atoms with van der Waals surface area (Å²) < 4.78 is 23.2. The van der Waals surface area contributed by atoms with Crippen LogP contribution in [0.15, 0.2) is 18.2 Å². The third-order valence-corrected chi connectivity index (χ3v) is 5.65. The van der Waals surface area contributed by atoms with Crippen LogP contribution in [0.1, 0.15) is 29.3 Å². The lowest BCUT2D eigenvalue weighted by Gasteiger charge is -2.26. The van der Waals surface area contributed by atoms with E-state index >= 15 is 0 Å². The molecule has 1 unspecified atom stereocenters. The summed E-state index contributed by atoms with van der Waals surface area (Å²) in [5.41, 5.74) is 0.581. The molecule has 8 heteroatoms. The maximum absolute atomic E-state index is 12.6. The van der Waals surface area contributed by atoms with Crippen LogP contribution < -0.4 is 0 Å². The maximum atomic E-state index is 12.6. The minimum atomic E-state index is -3.10. The Bertz CT molecular complexity index is 714. The van der Waals surface area contributed by atoms with Crippen molar-refractivity contribution in [2.24, 2.45) is 0 Å². The zero-order valence-electron chi connectivity index (χ0n) is 12.5. The maximum Gasteiger partial charge on any atom is 0.273 e. The Morgan fingerprint density at radius 1 is 1.45 bits per heavy atom. The summed E-state index contributed by atoms with van der Waals surface area (Å²) in [7, 11) is -3.10. The van der Waals surface area contributed by atoms with Crippen molar-refractivity contribution in [2.45, 2.75) is 26.3 Å². The quantitative estimate of drug-likeness (QED) is 0.617. The molecule has 0 N–H and O–H groups in total. The predicted molar refractivity (Wildman–Crippen MR) is 81.6 cm³/mol. The van der Waals surface area contributed by atoms with Crippen molar-refractivity contribution in [1.82, 2.24) is 4.90 Å². The molecule has 0 bridgehead atoms.